The van der Waals surface area contributed by atoms with E-state index in [2.05, 4.69) is 4.98 Å². The molecule has 0 spiro atoms. The third-order valence-electron chi connectivity index (χ3n) is 3.91. The summed E-state index contributed by atoms with van der Waals surface area (Å²) in [6.07, 6.45) is 3.21. The number of carboxylic acids is 1. The molecule has 1 saturated heterocycles. The van der Waals surface area contributed by atoms with Crippen LogP contribution in [0.15, 0.2) is 18.3 Å². The van der Waals surface area contributed by atoms with Gasteiger partial charge in [0.25, 0.3) is 0 Å². The molecule has 108 valence electrons. The van der Waals surface area contributed by atoms with Crippen LogP contribution in [0.2, 0.25) is 0 Å². The fraction of sp³-hybridized carbons (Fsp3) is 0.533. The average molecular weight is 276 g/mol. The van der Waals surface area contributed by atoms with E-state index in [9.17, 15) is 14.7 Å². The Morgan fingerprint density at radius 1 is 1.50 bits per heavy atom. The zero-order chi connectivity index (χ0) is 14.7. The van der Waals surface area contributed by atoms with Crippen molar-refractivity contribution in [2.45, 2.75) is 39.2 Å². The second-order valence-corrected chi connectivity index (χ2v) is 5.51. The molecule has 2 unspecified atom stereocenters. The predicted molar refractivity (Wildman–Crippen MR) is 74.2 cm³/mol. The maximum atomic E-state index is 12.4. The minimum Gasteiger partial charge on any atom is -0.480 e. The number of aromatic nitrogens is 1. The van der Waals surface area contributed by atoms with Gasteiger partial charge < -0.3 is 10.0 Å². The Kier molecular flexibility index (Phi) is 4.37. The third kappa shape index (κ3) is 3.15. The van der Waals surface area contributed by atoms with Gasteiger partial charge in [-0.3, -0.25) is 9.78 Å². The Hall–Kier alpha value is -1.91. The van der Waals surface area contributed by atoms with Crippen LogP contribution in [0, 0.1) is 12.8 Å². The van der Waals surface area contributed by atoms with E-state index in [1.54, 1.807) is 6.20 Å². The summed E-state index contributed by atoms with van der Waals surface area (Å²) >= 11 is 0. The summed E-state index contributed by atoms with van der Waals surface area (Å²) in [5.41, 5.74) is 1.68. The molecule has 1 amide bonds. The first-order valence-corrected chi connectivity index (χ1v) is 6.91. The number of amides is 1. The van der Waals surface area contributed by atoms with Gasteiger partial charge in [0.05, 0.1) is 12.1 Å². The van der Waals surface area contributed by atoms with E-state index >= 15 is 0 Å². The molecule has 1 aliphatic rings. The number of hydrogen-bond donors (Lipinski definition) is 1. The van der Waals surface area contributed by atoms with Crippen LogP contribution in [0.5, 0.6) is 0 Å². The molecule has 0 aromatic carbocycles. The van der Waals surface area contributed by atoms with Crippen LogP contribution >= 0.6 is 0 Å². The summed E-state index contributed by atoms with van der Waals surface area (Å²) in [6.45, 7) is 4.45. The molecule has 0 radical (unpaired) electrons. The van der Waals surface area contributed by atoms with Crippen molar-refractivity contribution < 1.29 is 14.7 Å². The number of rotatable bonds is 3. The highest BCUT2D eigenvalue weighted by Gasteiger charge is 2.34. The van der Waals surface area contributed by atoms with Gasteiger partial charge >= 0.3 is 5.97 Å². The zero-order valence-electron chi connectivity index (χ0n) is 11.9. The molecular weight excluding hydrogens is 256 g/mol. The van der Waals surface area contributed by atoms with Crippen molar-refractivity contribution in [1.29, 1.82) is 0 Å². The third-order valence-corrected chi connectivity index (χ3v) is 3.91. The molecule has 5 nitrogen and oxygen atoms in total. The fourth-order valence-corrected chi connectivity index (χ4v) is 2.62. The van der Waals surface area contributed by atoms with Gasteiger partial charge in [-0.2, -0.15) is 0 Å². The molecule has 0 bridgehead atoms. The van der Waals surface area contributed by atoms with Crippen molar-refractivity contribution in [2.75, 3.05) is 6.54 Å². The number of pyridine rings is 1. The Morgan fingerprint density at radius 2 is 2.25 bits per heavy atom. The molecule has 0 aliphatic carbocycles. The van der Waals surface area contributed by atoms with E-state index in [-0.39, 0.29) is 12.3 Å². The fourth-order valence-electron chi connectivity index (χ4n) is 2.62. The highest BCUT2D eigenvalue weighted by molar-refractivity contribution is 5.85. The van der Waals surface area contributed by atoms with Crippen LogP contribution in [-0.4, -0.2) is 39.5 Å². The summed E-state index contributed by atoms with van der Waals surface area (Å²) in [6, 6.07) is 3.03. The predicted octanol–water partition coefficient (Wildman–Crippen LogP) is 1.64. The van der Waals surface area contributed by atoms with Gasteiger partial charge in [-0.15, -0.1) is 0 Å². The standard InChI is InChI=1S/C15H20N2O3/c1-10-5-7-17(13(8-10)15(19)20)14(18)9-12-11(2)4-3-6-16-12/h3-4,6,10,13H,5,7-9H2,1-2H3,(H,19,20). The SMILES string of the molecule is Cc1cccnc1CC(=O)N1CCC(C)CC1C(=O)O. The highest BCUT2D eigenvalue weighted by atomic mass is 16.4. The highest BCUT2D eigenvalue weighted by Crippen LogP contribution is 2.23. The van der Waals surface area contributed by atoms with E-state index < -0.39 is 12.0 Å². The molecule has 2 heterocycles. The van der Waals surface area contributed by atoms with Crippen molar-refractivity contribution in [3.8, 4) is 0 Å². The summed E-state index contributed by atoms with van der Waals surface area (Å²) in [4.78, 5) is 29.4. The van der Waals surface area contributed by atoms with E-state index in [1.165, 1.54) is 4.90 Å². The molecule has 2 atom stereocenters. The quantitative estimate of drug-likeness (QED) is 0.911. The Bertz CT molecular complexity index is 516. The van der Waals surface area contributed by atoms with Gasteiger partial charge in [-0.05, 0) is 37.3 Å². The maximum Gasteiger partial charge on any atom is 0.326 e. The summed E-state index contributed by atoms with van der Waals surface area (Å²) < 4.78 is 0. The van der Waals surface area contributed by atoms with Crippen molar-refractivity contribution >= 4 is 11.9 Å². The molecule has 1 aromatic rings. The van der Waals surface area contributed by atoms with Gasteiger partial charge in [0, 0.05) is 12.7 Å². The minimum atomic E-state index is -0.914. The molecule has 0 saturated carbocycles. The number of aryl methyl sites for hydroxylation is 1. The van der Waals surface area contributed by atoms with Crippen LogP contribution < -0.4 is 0 Å². The second kappa shape index (κ2) is 6.03. The van der Waals surface area contributed by atoms with Crippen molar-refractivity contribution in [1.82, 2.24) is 9.88 Å². The lowest BCUT2D eigenvalue weighted by Crippen LogP contribution is -2.50. The van der Waals surface area contributed by atoms with Crippen molar-refractivity contribution in [3.05, 3.63) is 29.6 Å². The molecule has 1 fully saturated rings. The van der Waals surface area contributed by atoms with Gasteiger partial charge in [0.15, 0.2) is 0 Å². The number of carboxylic acid groups (broad SMARTS) is 1. The Balaban J connectivity index is 2.11. The van der Waals surface area contributed by atoms with Crippen LogP contribution in [0.1, 0.15) is 31.0 Å². The largest absolute Gasteiger partial charge is 0.480 e. The number of carbonyl (C=O) groups excluding carboxylic acids is 1. The van der Waals surface area contributed by atoms with Crippen LogP contribution in [-0.2, 0) is 16.0 Å². The second-order valence-electron chi connectivity index (χ2n) is 5.51. The first kappa shape index (κ1) is 14.5. The molecule has 1 N–H and O–H groups in total. The monoisotopic (exact) mass is 276 g/mol. The lowest BCUT2D eigenvalue weighted by atomic mass is 9.92. The normalized spacial score (nSPS) is 22.6. The first-order valence-electron chi connectivity index (χ1n) is 6.91. The van der Waals surface area contributed by atoms with Crippen molar-refractivity contribution in [2.24, 2.45) is 5.92 Å². The van der Waals surface area contributed by atoms with E-state index in [1.807, 2.05) is 26.0 Å². The number of aliphatic carboxylic acids is 1. The van der Waals surface area contributed by atoms with E-state index in [0.29, 0.717) is 18.9 Å². The summed E-state index contributed by atoms with van der Waals surface area (Å²) in [5, 5.41) is 9.29. The molecule has 1 aliphatic heterocycles. The smallest absolute Gasteiger partial charge is 0.326 e. The Morgan fingerprint density at radius 3 is 2.90 bits per heavy atom. The lowest BCUT2D eigenvalue weighted by Gasteiger charge is -2.36. The molecule has 20 heavy (non-hydrogen) atoms. The topological polar surface area (TPSA) is 70.5 Å². The van der Waals surface area contributed by atoms with Gasteiger partial charge in [0.2, 0.25) is 5.91 Å². The van der Waals surface area contributed by atoms with Crippen LogP contribution in [0.25, 0.3) is 0 Å². The van der Waals surface area contributed by atoms with E-state index in [4.69, 9.17) is 0 Å². The summed E-state index contributed by atoms with van der Waals surface area (Å²) in [7, 11) is 0. The minimum absolute atomic E-state index is 0.147. The molecule has 2 rings (SSSR count). The molecule has 1 aromatic heterocycles. The number of piperidine rings is 1. The molecular formula is C15H20N2O3. The van der Waals surface area contributed by atoms with E-state index in [0.717, 1.165) is 17.7 Å². The number of likely N-dealkylation sites (tertiary alicyclic amines) is 1. The van der Waals surface area contributed by atoms with Crippen LogP contribution in [0.4, 0.5) is 0 Å². The van der Waals surface area contributed by atoms with Crippen LogP contribution in [0.3, 0.4) is 0 Å². The van der Waals surface area contributed by atoms with Gasteiger partial charge in [-0.1, -0.05) is 13.0 Å². The maximum absolute atomic E-state index is 12.4. The van der Waals surface area contributed by atoms with Gasteiger partial charge in [-0.25, -0.2) is 4.79 Å². The van der Waals surface area contributed by atoms with Gasteiger partial charge in [0.1, 0.15) is 6.04 Å². The summed E-state index contributed by atoms with van der Waals surface area (Å²) in [5.74, 6) is -0.717. The zero-order valence-corrected chi connectivity index (χ0v) is 11.9. The first-order chi connectivity index (χ1) is 9.49. The number of nitrogens with zero attached hydrogens (tertiary/aromatic N) is 2. The van der Waals surface area contributed by atoms with Crippen molar-refractivity contribution in [3.63, 3.8) is 0 Å². The number of carbonyl (C=O) groups is 2. The number of hydrogen-bond acceptors (Lipinski definition) is 3. The lowest BCUT2D eigenvalue weighted by molar-refractivity contribution is -0.152. The molecule has 5 heteroatoms. The Labute approximate surface area is 118 Å². The average Bonchev–Trinajstić information content (AvgIpc) is 2.41.